The number of hydrogen-bond acceptors (Lipinski definition) is 3. The van der Waals surface area contributed by atoms with Crippen LogP contribution >= 0.6 is 0 Å². The molecule has 1 heterocycles. The highest BCUT2D eigenvalue weighted by molar-refractivity contribution is 5.96. The molecule has 22 heavy (non-hydrogen) atoms. The average molecular weight is 296 g/mol. The molecule has 0 aliphatic carbocycles. The molecule has 0 aliphatic heterocycles. The third-order valence-electron chi connectivity index (χ3n) is 3.42. The molecule has 0 radical (unpaired) electrons. The molecule has 0 saturated heterocycles. The fourth-order valence-electron chi connectivity index (χ4n) is 2.31. The van der Waals surface area contributed by atoms with Crippen LogP contribution in [0.15, 0.2) is 53.3 Å². The van der Waals surface area contributed by atoms with Crippen molar-refractivity contribution in [2.24, 2.45) is 5.73 Å². The Labute approximate surface area is 126 Å². The lowest BCUT2D eigenvalue weighted by Crippen LogP contribution is -2.37. The van der Waals surface area contributed by atoms with E-state index < -0.39 is 6.04 Å². The summed E-state index contributed by atoms with van der Waals surface area (Å²) >= 11 is 0. The predicted octanol–water partition coefficient (Wildman–Crippen LogP) is 1.36. The number of H-pyrrole nitrogens is 2. The Morgan fingerprint density at radius 3 is 2.59 bits per heavy atom. The van der Waals surface area contributed by atoms with E-state index in [4.69, 9.17) is 5.73 Å². The van der Waals surface area contributed by atoms with Crippen LogP contribution in [0.5, 0.6) is 0 Å². The van der Waals surface area contributed by atoms with Crippen molar-refractivity contribution >= 4 is 22.6 Å². The minimum Gasteiger partial charge on any atom is -0.325 e. The van der Waals surface area contributed by atoms with Crippen molar-refractivity contribution in [2.75, 3.05) is 5.32 Å². The lowest BCUT2D eigenvalue weighted by atomic mass is 10.1. The van der Waals surface area contributed by atoms with Crippen molar-refractivity contribution in [1.29, 1.82) is 0 Å². The molecule has 3 aromatic rings. The van der Waals surface area contributed by atoms with E-state index in [0.717, 1.165) is 5.56 Å². The fraction of sp³-hybridized carbons (Fsp3) is 0.125. The number of hydrogen-bond donors (Lipinski definition) is 4. The summed E-state index contributed by atoms with van der Waals surface area (Å²) in [6.07, 6.45) is 0.468. The highest BCUT2D eigenvalue weighted by atomic mass is 16.2. The van der Waals surface area contributed by atoms with Gasteiger partial charge in [-0.25, -0.2) is 4.79 Å². The van der Waals surface area contributed by atoms with E-state index >= 15 is 0 Å². The molecule has 2 aromatic carbocycles. The van der Waals surface area contributed by atoms with Gasteiger partial charge in [0.1, 0.15) is 0 Å². The van der Waals surface area contributed by atoms with E-state index in [9.17, 15) is 9.59 Å². The van der Waals surface area contributed by atoms with Crippen LogP contribution in [-0.2, 0) is 11.2 Å². The van der Waals surface area contributed by atoms with Crippen LogP contribution in [0, 0.1) is 0 Å². The van der Waals surface area contributed by atoms with Crippen LogP contribution in [0.2, 0.25) is 0 Å². The number of anilines is 1. The summed E-state index contributed by atoms with van der Waals surface area (Å²) in [4.78, 5) is 28.7. The molecule has 6 heteroatoms. The topological polar surface area (TPSA) is 104 Å². The van der Waals surface area contributed by atoms with Gasteiger partial charge in [-0.2, -0.15) is 0 Å². The number of nitrogens with one attached hydrogen (secondary N) is 3. The van der Waals surface area contributed by atoms with Gasteiger partial charge in [0.2, 0.25) is 5.91 Å². The van der Waals surface area contributed by atoms with E-state index in [2.05, 4.69) is 15.3 Å². The Balaban J connectivity index is 1.70. The van der Waals surface area contributed by atoms with E-state index in [-0.39, 0.29) is 11.6 Å². The molecule has 0 aliphatic rings. The number of amides is 1. The van der Waals surface area contributed by atoms with Gasteiger partial charge in [0.25, 0.3) is 0 Å². The number of aromatic nitrogens is 2. The maximum Gasteiger partial charge on any atom is 0.323 e. The van der Waals surface area contributed by atoms with Crippen LogP contribution in [0.1, 0.15) is 5.56 Å². The third kappa shape index (κ3) is 3.07. The van der Waals surface area contributed by atoms with Gasteiger partial charge in [0.15, 0.2) is 0 Å². The first-order chi connectivity index (χ1) is 10.6. The van der Waals surface area contributed by atoms with E-state index in [0.29, 0.717) is 23.1 Å². The first-order valence-electron chi connectivity index (χ1n) is 6.94. The molecule has 0 spiro atoms. The molecule has 3 rings (SSSR count). The van der Waals surface area contributed by atoms with Crippen LogP contribution in [0.4, 0.5) is 5.69 Å². The zero-order valence-corrected chi connectivity index (χ0v) is 11.8. The smallest absolute Gasteiger partial charge is 0.323 e. The zero-order chi connectivity index (χ0) is 15.5. The summed E-state index contributed by atoms with van der Waals surface area (Å²) in [6, 6.07) is 14.1. The van der Waals surface area contributed by atoms with Gasteiger partial charge in [0, 0.05) is 5.69 Å². The monoisotopic (exact) mass is 296 g/mol. The van der Waals surface area contributed by atoms with Gasteiger partial charge in [-0.05, 0) is 30.2 Å². The highest BCUT2D eigenvalue weighted by Gasteiger charge is 2.14. The molecule has 0 bridgehead atoms. The molecule has 5 N–H and O–H groups in total. The molecule has 0 unspecified atom stereocenters. The largest absolute Gasteiger partial charge is 0.325 e. The molecular formula is C16H16N4O2. The second-order valence-electron chi connectivity index (χ2n) is 5.12. The van der Waals surface area contributed by atoms with E-state index in [1.165, 1.54) is 0 Å². The Morgan fingerprint density at radius 2 is 1.82 bits per heavy atom. The molecule has 1 amide bonds. The van der Waals surface area contributed by atoms with Crippen molar-refractivity contribution in [3.8, 4) is 0 Å². The number of carbonyl (C=O) groups excluding carboxylic acids is 1. The summed E-state index contributed by atoms with van der Waals surface area (Å²) in [7, 11) is 0. The van der Waals surface area contributed by atoms with Gasteiger partial charge >= 0.3 is 5.69 Å². The van der Waals surface area contributed by atoms with Crippen LogP contribution in [0.25, 0.3) is 11.0 Å². The second-order valence-corrected chi connectivity index (χ2v) is 5.12. The Hall–Kier alpha value is -2.86. The fourth-order valence-corrected chi connectivity index (χ4v) is 2.31. The lowest BCUT2D eigenvalue weighted by molar-refractivity contribution is -0.117. The maximum absolute atomic E-state index is 12.1. The quantitative estimate of drug-likeness (QED) is 0.584. The molecule has 1 atom stereocenters. The SMILES string of the molecule is N[C@@H](Cc1ccccc1)C(=O)Nc1ccc2[nH]c(=O)[nH]c2c1. The van der Waals surface area contributed by atoms with Crippen LogP contribution < -0.4 is 16.7 Å². The lowest BCUT2D eigenvalue weighted by Gasteiger charge is -2.12. The average Bonchev–Trinajstić information content (AvgIpc) is 2.87. The second kappa shape index (κ2) is 5.87. The summed E-state index contributed by atoms with van der Waals surface area (Å²) in [6.45, 7) is 0. The van der Waals surface area contributed by atoms with E-state index in [1.54, 1.807) is 18.2 Å². The molecule has 112 valence electrons. The minimum atomic E-state index is -0.636. The first kappa shape index (κ1) is 14.1. The number of carbonyl (C=O) groups is 1. The van der Waals surface area contributed by atoms with Crippen LogP contribution in [0.3, 0.4) is 0 Å². The molecule has 0 saturated carbocycles. The van der Waals surface area contributed by atoms with Crippen molar-refractivity contribution < 1.29 is 4.79 Å². The first-order valence-corrected chi connectivity index (χ1v) is 6.94. The molecule has 1 aromatic heterocycles. The van der Waals surface area contributed by atoms with Gasteiger partial charge in [0.05, 0.1) is 17.1 Å². The molecular weight excluding hydrogens is 280 g/mol. The van der Waals surface area contributed by atoms with Gasteiger partial charge in [-0.3, -0.25) is 4.79 Å². The number of imidazole rings is 1. The van der Waals surface area contributed by atoms with Crippen molar-refractivity contribution in [3.63, 3.8) is 0 Å². The predicted molar refractivity (Wildman–Crippen MR) is 85.7 cm³/mol. The van der Waals surface area contributed by atoms with E-state index in [1.807, 2.05) is 30.3 Å². The number of rotatable bonds is 4. The van der Waals surface area contributed by atoms with Gasteiger partial charge in [-0.1, -0.05) is 30.3 Å². The summed E-state index contributed by atoms with van der Waals surface area (Å²) in [5.41, 5.74) is 8.59. The molecule has 0 fully saturated rings. The van der Waals surface area contributed by atoms with Crippen molar-refractivity contribution in [1.82, 2.24) is 9.97 Å². The highest BCUT2D eigenvalue weighted by Crippen LogP contribution is 2.15. The number of nitrogens with two attached hydrogens (primary N) is 1. The summed E-state index contributed by atoms with van der Waals surface area (Å²) in [5, 5.41) is 2.76. The minimum absolute atomic E-state index is 0.263. The number of aromatic amines is 2. The zero-order valence-electron chi connectivity index (χ0n) is 11.8. The maximum atomic E-state index is 12.1. The normalized spacial score (nSPS) is 12.2. The number of benzene rings is 2. The number of fused-ring (bicyclic) bond motifs is 1. The van der Waals surface area contributed by atoms with Crippen LogP contribution in [-0.4, -0.2) is 21.9 Å². The Kier molecular flexibility index (Phi) is 3.76. The van der Waals surface area contributed by atoms with Crippen molar-refractivity contribution in [2.45, 2.75) is 12.5 Å². The Bertz CT molecular complexity index is 851. The molecule has 6 nitrogen and oxygen atoms in total. The Morgan fingerprint density at radius 1 is 1.09 bits per heavy atom. The third-order valence-corrected chi connectivity index (χ3v) is 3.42. The standard InChI is InChI=1S/C16H16N4O2/c17-12(8-10-4-2-1-3-5-10)15(21)18-11-6-7-13-14(9-11)20-16(22)19-13/h1-7,9,12H,8,17H2,(H,18,21)(H2,19,20,22)/t12-/m0/s1. The van der Waals surface area contributed by atoms with Gasteiger partial charge in [-0.15, -0.1) is 0 Å². The summed E-state index contributed by atoms with van der Waals surface area (Å²) < 4.78 is 0. The van der Waals surface area contributed by atoms with Crippen molar-refractivity contribution in [3.05, 3.63) is 64.6 Å². The van der Waals surface area contributed by atoms with Gasteiger partial charge < -0.3 is 21.0 Å². The summed E-state index contributed by atoms with van der Waals surface area (Å²) in [5.74, 6) is -0.263.